The molecule has 1 heterocycles. The molecule has 2 aromatic carbocycles. The monoisotopic (exact) mass is 346 g/mol. The highest BCUT2D eigenvalue weighted by Gasteiger charge is 2.10. The summed E-state index contributed by atoms with van der Waals surface area (Å²) in [5.74, 6) is 1.57. The average molecular weight is 346 g/mol. The summed E-state index contributed by atoms with van der Waals surface area (Å²) in [6.07, 6.45) is 2.79. The van der Waals surface area contributed by atoms with E-state index in [1.165, 1.54) is 16.7 Å². The van der Waals surface area contributed by atoms with Crippen molar-refractivity contribution in [1.29, 1.82) is 0 Å². The maximum atomic E-state index is 4.76. The Hall–Kier alpha value is -2.88. The fourth-order valence-corrected chi connectivity index (χ4v) is 3.06. The average Bonchev–Trinajstić information content (AvgIpc) is 2.68. The molecule has 26 heavy (non-hydrogen) atoms. The van der Waals surface area contributed by atoms with Gasteiger partial charge in [0.2, 0.25) is 5.95 Å². The topological polar surface area (TPSA) is 41.1 Å². The Bertz CT molecular complexity index is 846. The minimum Gasteiger partial charge on any atom is -0.352 e. The molecule has 0 bridgehead atoms. The maximum absolute atomic E-state index is 4.76. The first-order valence-corrected chi connectivity index (χ1v) is 9.18. The molecular weight excluding hydrogens is 320 g/mol. The van der Waals surface area contributed by atoms with E-state index in [4.69, 9.17) is 4.98 Å². The van der Waals surface area contributed by atoms with Crippen LogP contribution in [-0.2, 0) is 13.0 Å². The summed E-state index contributed by atoms with van der Waals surface area (Å²) in [6, 6.07) is 18.8. The van der Waals surface area contributed by atoms with Crippen LogP contribution in [0.2, 0.25) is 0 Å². The number of anilines is 3. The predicted molar refractivity (Wildman–Crippen MR) is 109 cm³/mol. The highest BCUT2D eigenvalue weighted by Crippen LogP contribution is 2.25. The zero-order valence-electron chi connectivity index (χ0n) is 15.7. The summed E-state index contributed by atoms with van der Waals surface area (Å²) in [4.78, 5) is 11.4. The van der Waals surface area contributed by atoms with Gasteiger partial charge in [0.25, 0.3) is 0 Å². The number of aryl methyl sites for hydroxylation is 2. The summed E-state index contributed by atoms with van der Waals surface area (Å²) >= 11 is 0. The molecule has 0 saturated heterocycles. The van der Waals surface area contributed by atoms with E-state index in [1.54, 1.807) is 0 Å². The Morgan fingerprint density at radius 1 is 0.962 bits per heavy atom. The largest absolute Gasteiger partial charge is 0.352 e. The van der Waals surface area contributed by atoms with Crippen molar-refractivity contribution in [2.24, 2.45) is 0 Å². The van der Waals surface area contributed by atoms with Crippen molar-refractivity contribution in [2.45, 2.75) is 33.7 Å². The van der Waals surface area contributed by atoms with E-state index in [9.17, 15) is 0 Å². The van der Waals surface area contributed by atoms with Crippen molar-refractivity contribution in [2.75, 3.05) is 16.8 Å². The van der Waals surface area contributed by atoms with Gasteiger partial charge < -0.3 is 10.2 Å². The van der Waals surface area contributed by atoms with Gasteiger partial charge in [-0.05, 0) is 43.0 Å². The molecule has 4 nitrogen and oxygen atoms in total. The van der Waals surface area contributed by atoms with E-state index >= 15 is 0 Å². The van der Waals surface area contributed by atoms with Crippen molar-refractivity contribution in [3.8, 4) is 0 Å². The summed E-state index contributed by atoms with van der Waals surface area (Å²) in [7, 11) is 0. The van der Waals surface area contributed by atoms with Crippen molar-refractivity contribution < 1.29 is 0 Å². The number of aromatic nitrogens is 2. The quantitative estimate of drug-likeness (QED) is 0.645. The van der Waals surface area contributed by atoms with Crippen molar-refractivity contribution >= 4 is 17.5 Å². The lowest BCUT2D eigenvalue weighted by atomic mass is 10.1. The summed E-state index contributed by atoms with van der Waals surface area (Å²) < 4.78 is 0. The van der Waals surface area contributed by atoms with Crippen LogP contribution < -0.4 is 10.2 Å². The number of nitrogens with one attached hydrogen (secondary N) is 1. The normalized spacial score (nSPS) is 10.6. The van der Waals surface area contributed by atoms with E-state index in [-0.39, 0.29) is 0 Å². The minimum absolute atomic E-state index is 0.637. The van der Waals surface area contributed by atoms with Gasteiger partial charge in [-0.1, -0.05) is 55.5 Å². The molecule has 0 saturated carbocycles. The lowest BCUT2D eigenvalue weighted by Crippen LogP contribution is -2.23. The van der Waals surface area contributed by atoms with E-state index in [0.29, 0.717) is 5.95 Å². The number of para-hydroxylation sites is 1. The van der Waals surface area contributed by atoms with Gasteiger partial charge in [-0.3, -0.25) is 0 Å². The van der Waals surface area contributed by atoms with E-state index in [0.717, 1.165) is 31.0 Å². The first-order chi connectivity index (χ1) is 12.7. The van der Waals surface area contributed by atoms with Gasteiger partial charge >= 0.3 is 0 Å². The SMILES string of the molecule is CCc1cccc(C)c1Nc1nccc(N(CC)Cc2ccccc2)n1. The van der Waals surface area contributed by atoms with Gasteiger partial charge in [0.1, 0.15) is 5.82 Å². The first-order valence-electron chi connectivity index (χ1n) is 9.18. The van der Waals surface area contributed by atoms with Crippen LogP contribution in [0.4, 0.5) is 17.5 Å². The van der Waals surface area contributed by atoms with Crippen molar-refractivity contribution in [3.63, 3.8) is 0 Å². The summed E-state index contributed by atoms with van der Waals surface area (Å²) in [6.45, 7) is 8.14. The second-order valence-corrected chi connectivity index (χ2v) is 6.33. The number of nitrogens with zero attached hydrogens (tertiary/aromatic N) is 3. The zero-order valence-corrected chi connectivity index (χ0v) is 15.7. The molecule has 3 rings (SSSR count). The zero-order chi connectivity index (χ0) is 18.4. The van der Waals surface area contributed by atoms with Crippen molar-refractivity contribution in [3.05, 3.63) is 77.5 Å². The smallest absolute Gasteiger partial charge is 0.229 e. The Morgan fingerprint density at radius 2 is 1.77 bits per heavy atom. The lowest BCUT2D eigenvalue weighted by molar-refractivity contribution is 0.811. The van der Waals surface area contributed by atoms with Crippen molar-refractivity contribution in [1.82, 2.24) is 9.97 Å². The Morgan fingerprint density at radius 3 is 2.50 bits per heavy atom. The maximum Gasteiger partial charge on any atom is 0.229 e. The molecule has 1 aromatic heterocycles. The fraction of sp³-hybridized carbons (Fsp3) is 0.273. The van der Waals surface area contributed by atoms with Gasteiger partial charge in [0.15, 0.2) is 0 Å². The first kappa shape index (κ1) is 17.9. The molecule has 134 valence electrons. The molecule has 1 N–H and O–H groups in total. The molecule has 0 radical (unpaired) electrons. The molecule has 0 aliphatic heterocycles. The van der Waals surface area contributed by atoms with Crippen LogP contribution in [-0.4, -0.2) is 16.5 Å². The number of hydrogen-bond donors (Lipinski definition) is 1. The second-order valence-electron chi connectivity index (χ2n) is 6.33. The highest BCUT2D eigenvalue weighted by atomic mass is 15.2. The molecule has 0 amide bonds. The molecule has 0 fully saturated rings. The van der Waals surface area contributed by atoms with Gasteiger partial charge in [0, 0.05) is 25.0 Å². The number of rotatable bonds is 7. The number of hydrogen-bond acceptors (Lipinski definition) is 4. The second kappa shape index (κ2) is 8.48. The van der Waals surface area contributed by atoms with Gasteiger partial charge in [-0.15, -0.1) is 0 Å². The van der Waals surface area contributed by atoms with Gasteiger partial charge in [-0.2, -0.15) is 4.98 Å². The van der Waals surface area contributed by atoms with Crippen LogP contribution in [0.15, 0.2) is 60.8 Å². The third-order valence-corrected chi connectivity index (χ3v) is 4.54. The third kappa shape index (κ3) is 4.20. The Balaban J connectivity index is 1.84. The highest BCUT2D eigenvalue weighted by molar-refractivity contribution is 5.63. The molecule has 0 spiro atoms. The van der Waals surface area contributed by atoms with Crippen LogP contribution in [0.5, 0.6) is 0 Å². The third-order valence-electron chi connectivity index (χ3n) is 4.54. The lowest BCUT2D eigenvalue weighted by Gasteiger charge is -2.22. The summed E-state index contributed by atoms with van der Waals surface area (Å²) in [5.41, 5.74) is 4.86. The molecule has 3 aromatic rings. The van der Waals surface area contributed by atoms with Gasteiger partial charge in [0.05, 0.1) is 0 Å². The van der Waals surface area contributed by atoms with E-state index in [2.05, 4.69) is 78.4 Å². The Labute approximate surface area is 155 Å². The van der Waals surface area contributed by atoms with Crippen LogP contribution in [0.25, 0.3) is 0 Å². The number of benzene rings is 2. The molecule has 0 unspecified atom stereocenters. The Kier molecular flexibility index (Phi) is 5.84. The molecular formula is C22H26N4. The van der Waals surface area contributed by atoms with Crippen LogP contribution in [0, 0.1) is 6.92 Å². The van der Waals surface area contributed by atoms with Crippen LogP contribution in [0.3, 0.4) is 0 Å². The van der Waals surface area contributed by atoms with E-state index < -0.39 is 0 Å². The molecule has 0 aliphatic carbocycles. The van der Waals surface area contributed by atoms with Gasteiger partial charge in [-0.25, -0.2) is 4.98 Å². The van der Waals surface area contributed by atoms with E-state index in [1.807, 2.05) is 18.3 Å². The predicted octanol–water partition coefficient (Wildman–Crippen LogP) is 5.12. The van der Waals surface area contributed by atoms with Crippen LogP contribution >= 0.6 is 0 Å². The van der Waals surface area contributed by atoms with Crippen LogP contribution in [0.1, 0.15) is 30.5 Å². The minimum atomic E-state index is 0.637. The summed E-state index contributed by atoms with van der Waals surface area (Å²) in [5, 5.41) is 3.43. The molecule has 0 aliphatic rings. The standard InChI is InChI=1S/C22H26N4/c1-4-19-13-9-10-17(3)21(19)25-22-23-15-14-20(24-22)26(5-2)16-18-11-7-6-8-12-18/h6-15H,4-5,16H2,1-3H3,(H,23,24,25). The molecule has 0 atom stereocenters. The fourth-order valence-electron chi connectivity index (χ4n) is 3.06. The molecule has 4 heteroatoms.